The fourth-order valence-corrected chi connectivity index (χ4v) is 4.35. The van der Waals surface area contributed by atoms with Crippen molar-refractivity contribution in [2.45, 2.75) is 67.6 Å². The van der Waals surface area contributed by atoms with E-state index in [4.69, 9.17) is 23.7 Å². The first-order chi connectivity index (χ1) is 17.0. The molecule has 1 amide bonds. The van der Waals surface area contributed by atoms with Crippen LogP contribution >= 0.6 is 11.3 Å². The van der Waals surface area contributed by atoms with Crippen LogP contribution in [0.4, 0.5) is 5.00 Å². The first-order valence-electron chi connectivity index (χ1n) is 12.0. The van der Waals surface area contributed by atoms with Crippen LogP contribution in [0.3, 0.4) is 0 Å². The van der Waals surface area contributed by atoms with Crippen molar-refractivity contribution in [3.05, 3.63) is 33.7 Å². The highest BCUT2D eigenvalue weighted by molar-refractivity contribution is 7.18. The summed E-state index contributed by atoms with van der Waals surface area (Å²) in [4.78, 5) is 39.1. The van der Waals surface area contributed by atoms with Crippen LogP contribution in [-0.2, 0) is 9.47 Å². The van der Waals surface area contributed by atoms with E-state index < -0.39 is 17.8 Å². The molecule has 10 heteroatoms. The van der Waals surface area contributed by atoms with Crippen LogP contribution in [-0.4, -0.2) is 49.9 Å². The Morgan fingerprint density at radius 3 is 1.81 bits per heavy atom. The summed E-state index contributed by atoms with van der Waals surface area (Å²) in [5.41, 5.74) is 0.716. The van der Waals surface area contributed by atoms with Crippen LogP contribution < -0.4 is 19.5 Å². The molecule has 0 aliphatic heterocycles. The Morgan fingerprint density at radius 1 is 0.833 bits per heavy atom. The van der Waals surface area contributed by atoms with Crippen molar-refractivity contribution in [3.8, 4) is 17.2 Å². The van der Waals surface area contributed by atoms with Gasteiger partial charge in [-0.2, -0.15) is 0 Å². The standard InChI is InChI=1S/C26H35NO8S/c1-9-31-18-12-17(13-19(32-10-2)21(18)33-11-3)23(28)27-24-20(25(29)34-14(4)5)16(8)22(36-24)26(30)35-15(6)7/h12-15H,9-11H2,1-8H3,(H,27,28). The van der Waals surface area contributed by atoms with E-state index in [1.54, 1.807) is 46.8 Å². The van der Waals surface area contributed by atoms with Gasteiger partial charge in [0.05, 0.1) is 37.6 Å². The summed E-state index contributed by atoms with van der Waals surface area (Å²) in [6.07, 6.45) is -0.735. The maximum Gasteiger partial charge on any atom is 0.348 e. The number of rotatable bonds is 12. The van der Waals surface area contributed by atoms with Crippen LogP contribution in [0, 0.1) is 6.92 Å². The van der Waals surface area contributed by atoms with Crippen molar-refractivity contribution in [2.75, 3.05) is 25.1 Å². The molecule has 0 unspecified atom stereocenters. The van der Waals surface area contributed by atoms with Crippen LogP contribution in [0.2, 0.25) is 0 Å². The number of ether oxygens (including phenoxy) is 5. The van der Waals surface area contributed by atoms with Gasteiger partial charge in [0.1, 0.15) is 9.88 Å². The Kier molecular flexibility index (Phi) is 10.6. The molecule has 1 aromatic carbocycles. The molecule has 1 heterocycles. The topological polar surface area (TPSA) is 109 Å². The Bertz CT molecular complexity index is 1060. The second kappa shape index (κ2) is 13.2. The monoisotopic (exact) mass is 521 g/mol. The smallest absolute Gasteiger partial charge is 0.348 e. The van der Waals surface area contributed by atoms with Gasteiger partial charge in [-0.05, 0) is 73.1 Å². The molecule has 0 fully saturated rings. The van der Waals surface area contributed by atoms with Crippen LogP contribution in [0.25, 0.3) is 0 Å². The Labute approximate surface area is 216 Å². The van der Waals surface area contributed by atoms with E-state index in [-0.39, 0.29) is 33.2 Å². The van der Waals surface area contributed by atoms with Crippen LogP contribution in [0.1, 0.15) is 84.4 Å². The van der Waals surface area contributed by atoms with Crippen molar-refractivity contribution in [1.82, 2.24) is 0 Å². The van der Waals surface area contributed by atoms with Gasteiger partial charge in [-0.1, -0.05) is 0 Å². The highest BCUT2D eigenvalue weighted by Crippen LogP contribution is 2.40. The molecule has 1 aromatic heterocycles. The van der Waals surface area contributed by atoms with Gasteiger partial charge in [0.2, 0.25) is 5.75 Å². The minimum absolute atomic E-state index is 0.110. The van der Waals surface area contributed by atoms with E-state index >= 15 is 0 Å². The molecule has 36 heavy (non-hydrogen) atoms. The summed E-state index contributed by atoms with van der Waals surface area (Å²) >= 11 is 0.960. The molecule has 0 saturated carbocycles. The molecule has 0 bridgehead atoms. The van der Waals surface area contributed by atoms with Gasteiger partial charge in [-0.15, -0.1) is 11.3 Å². The molecule has 2 rings (SSSR count). The van der Waals surface area contributed by atoms with Gasteiger partial charge in [-0.3, -0.25) is 4.79 Å². The Balaban J connectivity index is 2.54. The summed E-state index contributed by atoms with van der Waals surface area (Å²) in [6, 6.07) is 3.10. The number of hydrogen-bond acceptors (Lipinski definition) is 9. The molecule has 0 spiro atoms. The molecular weight excluding hydrogens is 486 g/mol. The highest BCUT2D eigenvalue weighted by Gasteiger charge is 2.29. The van der Waals surface area contributed by atoms with Gasteiger partial charge >= 0.3 is 11.9 Å². The van der Waals surface area contributed by atoms with Crippen molar-refractivity contribution >= 4 is 34.2 Å². The summed E-state index contributed by atoms with van der Waals surface area (Å²) < 4.78 is 27.8. The van der Waals surface area contributed by atoms with E-state index in [9.17, 15) is 14.4 Å². The highest BCUT2D eigenvalue weighted by atomic mass is 32.1. The minimum Gasteiger partial charge on any atom is -0.490 e. The molecule has 2 aromatic rings. The van der Waals surface area contributed by atoms with Gasteiger partial charge in [-0.25, -0.2) is 9.59 Å². The van der Waals surface area contributed by atoms with Crippen LogP contribution in [0.15, 0.2) is 12.1 Å². The zero-order valence-corrected chi connectivity index (χ0v) is 22.9. The fraction of sp³-hybridized carbons (Fsp3) is 0.500. The average Bonchev–Trinajstić information content (AvgIpc) is 3.11. The van der Waals surface area contributed by atoms with Crippen molar-refractivity contribution in [2.24, 2.45) is 0 Å². The number of carbonyl (C=O) groups excluding carboxylic acids is 3. The lowest BCUT2D eigenvalue weighted by Gasteiger charge is -2.17. The molecule has 0 aliphatic carbocycles. The van der Waals surface area contributed by atoms with Crippen LogP contribution in [0.5, 0.6) is 17.2 Å². The first-order valence-corrected chi connectivity index (χ1v) is 12.8. The number of hydrogen-bond donors (Lipinski definition) is 1. The summed E-state index contributed by atoms with van der Waals surface area (Å²) in [5.74, 6) is -0.621. The van der Waals surface area contributed by atoms with Crippen molar-refractivity contribution in [3.63, 3.8) is 0 Å². The Hall–Kier alpha value is -3.27. The summed E-state index contributed by atoms with van der Waals surface area (Å²) in [5, 5.41) is 2.94. The molecular formula is C26H35NO8S. The van der Waals surface area contributed by atoms with Gasteiger partial charge < -0.3 is 29.0 Å². The van der Waals surface area contributed by atoms with Crippen molar-refractivity contribution in [1.29, 1.82) is 0 Å². The van der Waals surface area contributed by atoms with E-state index in [0.29, 0.717) is 42.6 Å². The normalized spacial score (nSPS) is 10.8. The van der Waals surface area contributed by atoms with E-state index in [0.717, 1.165) is 11.3 Å². The molecule has 0 saturated heterocycles. The third kappa shape index (κ3) is 7.13. The maximum atomic E-state index is 13.3. The SMILES string of the molecule is CCOc1cc(C(=O)Nc2sc(C(=O)OC(C)C)c(C)c2C(=O)OC(C)C)cc(OCC)c1OCC. The minimum atomic E-state index is -0.644. The number of thiophene rings is 1. The third-order valence-electron chi connectivity index (χ3n) is 4.62. The predicted octanol–water partition coefficient (Wildman–Crippen LogP) is 5.64. The number of nitrogens with one attached hydrogen (secondary N) is 1. The van der Waals surface area contributed by atoms with E-state index in [1.165, 1.54) is 0 Å². The lowest BCUT2D eigenvalue weighted by Crippen LogP contribution is -2.17. The third-order valence-corrected chi connectivity index (χ3v) is 5.81. The molecule has 198 valence electrons. The summed E-state index contributed by atoms with van der Waals surface area (Å²) in [7, 11) is 0. The second-order valence-electron chi connectivity index (χ2n) is 8.22. The van der Waals surface area contributed by atoms with Gasteiger partial charge in [0, 0.05) is 5.56 Å². The lowest BCUT2D eigenvalue weighted by atomic mass is 10.1. The molecule has 9 nitrogen and oxygen atoms in total. The molecule has 0 atom stereocenters. The van der Waals surface area contributed by atoms with E-state index in [1.807, 2.05) is 20.8 Å². The number of amides is 1. The quantitative estimate of drug-likeness (QED) is 0.358. The molecule has 0 aliphatic rings. The number of benzene rings is 1. The second-order valence-corrected chi connectivity index (χ2v) is 9.24. The molecule has 1 N–H and O–H groups in total. The zero-order valence-electron chi connectivity index (χ0n) is 22.1. The first kappa shape index (κ1) is 29.0. The predicted molar refractivity (Wildman–Crippen MR) is 138 cm³/mol. The van der Waals surface area contributed by atoms with Gasteiger partial charge in [0.25, 0.3) is 5.91 Å². The number of anilines is 1. The number of esters is 2. The summed E-state index contributed by atoms with van der Waals surface area (Å²) in [6.45, 7) is 15.1. The largest absolute Gasteiger partial charge is 0.490 e. The van der Waals surface area contributed by atoms with Crippen molar-refractivity contribution < 1.29 is 38.1 Å². The maximum absolute atomic E-state index is 13.3. The average molecular weight is 522 g/mol. The Morgan fingerprint density at radius 2 is 1.33 bits per heavy atom. The van der Waals surface area contributed by atoms with E-state index in [2.05, 4.69) is 5.32 Å². The molecule has 0 radical (unpaired) electrons. The van der Waals surface area contributed by atoms with Gasteiger partial charge in [0.15, 0.2) is 11.5 Å². The zero-order chi connectivity index (χ0) is 27.0. The number of carbonyl (C=O) groups is 3. The fourth-order valence-electron chi connectivity index (χ4n) is 3.28. The lowest BCUT2D eigenvalue weighted by molar-refractivity contribution is 0.0378.